The van der Waals surface area contributed by atoms with Crippen LogP contribution >= 0.6 is 11.8 Å². The topological polar surface area (TPSA) is 13.1 Å². The van der Waals surface area contributed by atoms with E-state index in [1.165, 1.54) is 44.5 Å². The first-order chi connectivity index (χ1) is 18.6. The van der Waals surface area contributed by atoms with Crippen molar-refractivity contribution in [3.8, 4) is 0 Å². The van der Waals surface area contributed by atoms with E-state index in [0.29, 0.717) is 0 Å². The Kier molecular flexibility index (Phi) is 4.55. The Morgan fingerprint density at radius 1 is 0.658 bits per heavy atom. The molecule has 1 nitrogen and oxygen atoms in total. The maximum atomic E-state index is 14.1. The number of rotatable bonds is 3. The van der Waals surface area contributed by atoms with Crippen LogP contribution in [0.5, 0.6) is 0 Å². The zero-order valence-electron chi connectivity index (χ0n) is 20.9. The number of hydrogen-bond acceptors (Lipinski definition) is 2. The standard InChI is InChI=1S/C34H22F2OS/c1-3-17-5-6-20-14-30(38-29-12-8-18(4-2)31(17)33(20)29)28-13-19-7-9-21-23-15-25(35)26(36)16-24(23)22-10-11-27(37-28)32(19)34(21)22/h5-16H,3-4H2,1-2H3. The molecule has 0 radical (unpaired) electrons. The van der Waals surface area contributed by atoms with Gasteiger partial charge in [0.15, 0.2) is 11.6 Å². The highest BCUT2D eigenvalue weighted by Crippen LogP contribution is 2.49. The van der Waals surface area contributed by atoms with Gasteiger partial charge in [-0.3, -0.25) is 0 Å². The Labute approximate surface area is 222 Å². The van der Waals surface area contributed by atoms with Crippen LogP contribution in [-0.4, -0.2) is 0 Å². The van der Waals surface area contributed by atoms with Crippen LogP contribution in [0.25, 0.3) is 65.0 Å². The average molecular weight is 517 g/mol. The second-order valence-corrected chi connectivity index (χ2v) is 11.2. The number of benzene rings is 5. The number of fused-ring (bicyclic) bond motifs is 3. The summed E-state index contributed by atoms with van der Waals surface area (Å²) >= 11 is 1.75. The molecule has 6 aromatic carbocycles. The van der Waals surface area contributed by atoms with E-state index in [9.17, 15) is 8.78 Å². The Morgan fingerprint density at radius 2 is 1.34 bits per heavy atom. The van der Waals surface area contributed by atoms with Crippen LogP contribution < -0.4 is 0 Å². The molecule has 2 heterocycles. The molecule has 0 spiro atoms. The molecule has 4 heteroatoms. The zero-order valence-corrected chi connectivity index (χ0v) is 21.7. The van der Waals surface area contributed by atoms with Crippen molar-refractivity contribution in [3.63, 3.8) is 0 Å². The monoisotopic (exact) mass is 516 g/mol. The van der Waals surface area contributed by atoms with E-state index in [-0.39, 0.29) is 0 Å². The molecular weight excluding hydrogens is 494 g/mol. The van der Waals surface area contributed by atoms with Gasteiger partial charge < -0.3 is 4.42 Å². The van der Waals surface area contributed by atoms with Gasteiger partial charge in [-0.05, 0) is 104 Å². The molecule has 1 aliphatic heterocycles. The molecule has 0 saturated carbocycles. The van der Waals surface area contributed by atoms with E-state index in [1.807, 2.05) is 18.2 Å². The molecule has 0 saturated heterocycles. The van der Waals surface area contributed by atoms with Crippen molar-refractivity contribution in [1.82, 2.24) is 0 Å². The van der Waals surface area contributed by atoms with Gasteiger partial charge in [0, 0.05) is 21.1 Å². The molecule has 38 heavy (non-hydrogen) atoms. The van der Waals surface area contributed by atoms with E-state index >= 15 is 0 Å². The van der Waals surface area contributed by atoms with Crippen LogP contribution in [0, 0.1) is 11.6 Å². The first kappa shape index (κ1) is 22.1. The smallest absolute Gasteiger partial charge is 0.159 e. The van der Waals surface area contributed by atoms with Crippen LogP contribution in [0.4, 0.5) is 8.78 Å². The predicted octanol–water partition coefficient (Wildman–Crippen LogP) is 10.5. The van der Waals surface area contributed by atoms with Gasteiger partial charge in [0.2, 0.25) is 0 Å². The Bertz CT molecular complexity index is 2050. The van der Waals surface area contributed by atoms with E-state index in [1.54, 1.807) is 11.8 Å². The van der Waals surface area contributed by atoms with Gasteiger partial charge in [-0.15, -0.1) is 0 Å². The summed E-state index contributed by atoms with van der Waals surface area (Å²) in [5.74, 6) is -0.836. The molecule has 0 N–H and O–H groups in total. The van der Waals surface area contributed by atoms with Crippen LogP contribution in [0.15, 0.2) is 76.0 Å². The molecule has 1 aliphatic rings. The molecule has 0 fully saturated rings. The first-order valence-corrected chi connectivity index (χ1v) is 13.8. The molecule has 0 bridgehead atoms. The minimum absolute atomic E-state index is 0.727. The van der Waals surface area contributed by atoms with Crippen LogP contribution in [0.1, 0.15) is 36.3 Å². The van der Waals surface area contributed by atoms with Gasteiger partial charge >= 0.3 is 0 Å². The number of aryl methyl sites for hydroxylation is 2. The number of hydrogen-bond donors (Lipinski definition) is 0. The lowest BCUT2D eigenvalue weighted by Crippen LogP contribution is -1.97. The summed E-state index contributed by atoms with van der Waals surface area (Å²) in [5.41, 5.74) is 4.78. The molecule has 0 atom stereocenters. The van der Waals surface area contributed by atoms with Gasteiger partial charge in [0.05, 0.1) is 4.91 Å². The third-order valence-corrected chi connectivity index (χ3v) is 9.24. The van der Waals surface area contributed by atoms with Crippen LogP contribution in [-0.2, 0) is 12.8 Å². The van der Waals surface area contributed by atoms with E-state index < -0.39 is 11.6 Å². The lowest BCUT2D eigenvalue weighted by atomic mass is 9.92. The Balaban J connectivity index is 1.36. The summed E-state index contributed by atoms with van der Waals surface area (Å²) < 4.78 is 34.8. The minimum atomic E-state index is -0.826. The van der Waals surface area contributed by atoms with E-state index in [4.69, 9.17) is 4.42 Å². The van der Waals surface area contributed by atoms with Crippen molar-refractivity contribution in [2.45, 2.75) is 31.6 Å². The van der Waals surface area contributed by atoms with Gasteiger partial charge in [-0.1, -0.05) is 55.9 Å². The van der Waals surface area contributed by atoms with Gasteiger partial charge in [-0.2, -0.15) is 0 Å². The maximum absolute atomic E-state index is 14.1. The highest BCUT2D eigenvalue weighted by Gasteiger charge is 2.22. The summed E-state index contributed by atoms with van der Waals surface area (Å²) in [7, 11) is 0. The molecule has 0 aliphatic carbocycles. The Morgan fingerprint density at radius 3 is 2.05 bits per heavy atom. The average Bonchev–Trinajstić information content (AvgIpc) is 3.25. The fraction of sp³-hybridized carbons (Fsp3) is 0.118. The largest absolute Gasteiger partial charge is 0.455 e. The van der Waals surface area contributed by atoms with Crippen molar-refractivity contribution in [2.75, 3.05) is 0 Å². The molecule has 0 amide bonds. The fourth-order valence-corrected chi connectivity index (χ4v) is 7.47. The van der Waals surface area contributed by atoms with Gasteiger partial charge in [0.1, 0.15) is 11.3 Å². The normalized spacial score (nSPS) is 13.5. The lowest BCUT2D eigenvalue weighted by Gasteiger charge is -2.21. The van der Waals surface area contributed by atoms with E-state index in [2.05, 4.69) is 56.3 Å². The zero-order chi connectivity index (χ0) is 25.7. The number of halogens is 2. The van der Waals surface area contributed by atoms with Crippen molar-refractivity contribution < 1.29 is 13.2 Å². The van der Waals surface area contributed by atoms with Crippen molar-refractivity contribution in [3.05, 3.63) is 101 Å². The SMILES string of the molecule is CCc1ccc2c3c(ccc(CC)c13)SC(c1cc3ccc4c5cc(F)c(F)cc5c5ccc(o1)c3c45)=C2. The quantitative estimate of drug-likeness (QED) is 0.232. The second-order valence-electron chi connectivity index (χ2n) is 10.1. The minimum Gasteiger partial charge on any atom is -0.455 e. The van der Waals surface area contributed by atoms with Crippen LogP contribution in [0.3, 0.4) is 0 Å². The maximum Gasteiger partial charge on any atom is 0.159 e. The first-order valence-electron chi connectivity index (χ1n) is 13.0. The molecule has 8 rings (SSSR count). The molecule has 1 aromatic heterocycles. The second kappa shape index (κ2) is 7.81. The fourth-order valence-electron chi connectivity index (χ4n) is 6.39. The van der Waals surface area contributed by atoms with E-state index in [0.717, 1.165) is 66.8 Å². The van der Waals surface area contributed by atoms with Crippen LogP contribution in [0.2, 0.25) is 0 Å². The summed E-state index contributed by atoms with van der Waals surface area (Å²) in [6.07, 6.45) is 4.27. The molecular formula is C34H22F2OS. The summed E-state index contributed by atoms with van der Waals surface area (Å²) in [6, 6.07) is 21.7. The Hall–Kier alpha value is -3.89. The summed E-state index contributed by atoms with van der Waals surface area (Å²) in [6.45, 7) is 4.44. The van der Waals surface area contributed by atoms with Crippen molar-refractivity contribution in [1.29, 1.82) is 0 Å². The van der Waals surface area contributed by atoms with Gasteiger partial charge in [-0.25, -0.2) is 8.78 Å². The third-order valence-electron chi connectivity index (χ3n) is 8.14. The molecule has 184 valence electrons. The number of thioether (sulfide) groups is 1. The molecule has 7 aromatic rings. The highest BCUT2D eigenvalue weighted by atomic mass is 32.2. The lowest BCUT2D eigenvalue weighted by molar-refractivity contribution is 0.511. The van der Waals surface area contributed by atoms with Gasteiger partial charge in [0.25, 0.3) is 0 Å². The van der Waals surface area contributed by atoms with Crippen molar-refractivity contribution >= 4 is 76.8 Å². The highest BCUT2D eigenvalue weighted by molar-refractivity contribution is 8.08. The predicted molar refractivity (Wildman–Crippen MR) is 156 cm³/mol. The third kappa shape index (κ3) is 2.87. The molecule has 0 unspecified atom stereocenters. The summed E-state index contributed by atoms with van der Waals surface area (Å²) in [5, 5.41) is 9.06. The van der Waals surface area contributed by atoms with Crippen molar-refractivity contribution in [2.24, 2.45) is 0 Å². The summed E-state index contributed by atoms with van der Waals surface area (Å²) in [4.78, 5) is 2.32.